The summed E-state index contributed by atoms with van der Waals surface area (Å²) in [5.41, 5.74) is 5.68. The maximum Gasteiger partial charge on any atom is 0.223 e. The molecule has 5 nitrogen and oxygen atoms in total. The van der Waals surface area contributed by atoms with Gasteiger partial charge in [0.2, 0.25) is 5.89 Å². The van der Waals surface area contributed by atoms with Crippen LogP contribution in [0.1, 0.15) is 24.6 Å². The largest absolute Gasteiger partial charge is 0.340 e. The van der Waals surface area contributed by atoms with E-state index in [9.17, 15) is 0 Å². The summed E-state index contributed by atoms with van der Waals surface area (Å²) in [7, 11) is 0. The van der Waals surface area contributed by atoms with Gasteiger partial charge in [0.05, 0.1) is 6.54 Å². The molecule has 1 aliphatic heterocycles. The minimum absolute atomic E-state index is 0.494. The topological polar surface area (TPSA) is 68.2 Å². The summed E-state index contributed by atoms with van der Waals surface area (Å²) >= 11 is 0. The van der Waals surface area contributed by atoms with Crippen molar-refractivity contribution >= 4 is 0 Å². The van der Waals surface area contributed by atoms with Crippen molar-refractivity contribution < 1.29 is 4.52 Å². The number of hydrogen-bond acceptors (Lipinski definition) is 5. The second-order valence-corrected chi connectivity index (χ2v) is 3.73. The van der Waals surface area contributed by atoms with E-state index in [1.165, 1.54) is 12.8 Å². The summed E-state index contributed by atoms with van der Waals surface area (Å²) in [5, 5.41) is 3.88. The van der Waals surface area contributed by atoms with Gasteiger partial charge < -0.3 is 10.3 Å². The molecule has 2 heterocycles. The molecule has 1 aromatic heterocycles. The second-order valence-electron chi connectivity index (χ2n) is 3.73. The molecular weight excluding hydrogens is 180 g/mol. The highest BCUT2D eigenvalue weighted by molar-refractivity contribution is 4.88. The molecule has 0 saturated carbocycles. The van der Waals surface area contributed by atoms with E-state index >= 15 is 0 Å². The van der Waals surface area contributed by atoms with Crippen molar-refractivity contribution in [1.82, 2.24) is 15.0 Å². The third kappa shape index (κ3) is 1.93. The molecule has 2 N–H and O–H groups in total. The zero-order chi connectivity index (χ0) is 9.97. The van der Waals surface area contributed by atoms with Crippen LogP contribution in [0.25, 0.3) is 0 Å². The minimum Gasteiger partial charge on any atom is -0.340 e. The molecule has 0 bridgehead atoms. The molecule has 2 rings (SSSR count). The number of aromatic nitrogens is 2. The normalized spacial score (nSPS) is 23.1. The van der Waals surface area contributed by atoms with Crippen molar-refractivity contribution in [2.24, 2.45) is 5.73 Å². The van der Waals surface area contributed by atoms with Crippen molar-refractivity contribution in [2.45, 2.75) is 32.4 Å². The predicted octanol–water partition coefficient (Wildman–Crippen LogP) is 0.301. The first-order valence-electron chi connectivity index (χ1n) is 5.03. The minimum atomic E-state index is 0.494. The van der Waals surface area contributed by atoms with Gasteiger partial charge in [-0.25, -0.2) is 0 Å². The molecule has 1 aromatic rings. The summed E-state index contributed by atoms with van der Waals surface area (Å²) in [4.78, 5) is 6.51. The van der Waals surface area contributed by atoms with E-state index in [4.69, 9.17) is 10.3 Å². The Hall–Kier alpha value is -0.940. The van der Waals surface area contributed by atoms with Crippen LogP contribution < -0.4 is 5.73 Å². The summed E-state index contributed by atoms with van der Waals surface area (Å²) in [6, 6.07) is 0.494. The first kappa shape index (κ1) is 9.61. The standard InChI is InChI=1S/C9H16N4O/c1-7-11-9(12-14-7)6-13-4-2-3-8(13)5-10/h8H,2-6,10H2,1H3. The van der Waals surface area contributed by atoms with E-state index < -0.39 is 0 Å². The van der Waals surface area contributed by atoms with E-state index in [0.717, 1.165) is 25.5 Å². The molecule has 0 radical (unpaired) electrons. The number of rotatable bonds is 3. The van der Waals surface area contributed by atoms with Crippen molar-refractivity contribution in [1.29, 1.82) is 0 Å². The highest BCUT2D eigenvalue weighted by Gasteiger charge is 2.24. The monoisotopic (exact) mass is 196 g/mol. The van der Waals surface area contributed by atoms with E-state index in [2.05, 4.69) is 15.0 Å². The van der Waals surface area contributed by atoms with E-state index in [1.54, 1.807) is 6.92 Å². The van der Waals surface area contributed by atoms with Gasteiger partial charge in [-0.1, -0.05) is 5.16 Å². The summed E-state index contributed by atoms with van der Waals surface area (Å²) in [6.07, 6.45) is 2.41. The maximum absolute atomic E-state index is 5.68. The van der Waals surface area contributed by atoms with Gasteiger partial charge in [-0.3, -0.25) is 4.90 Å². The summed E-state index contributed by atoms with van der Waals surface area (Å²) in [6.45, 7) is 4.38. The fourth-order valence-electron chi connectivity index (χ4n) is 1.96. The van der Waals surface area contributed by atoms with Crippen LogP contribution in [-0.4, -0.2) is 34.2 Å². The molecule has 5 heteroatoms. The van der Waals surface area contributed by atoms with Crippen LogP contribution in [-0.2, 0) is 6.54 Å². The average Bonchev–Trinajstić information content (AvgIpc) is 2.76. The Labute approximate surface area is 83.3 Å². The highest BCUT2D eigenvalue weighted by Crippen LogP contribution is 2.17. The van der Waals surface area contributed by atoms with E-state index in [-0.39, 0.29) is 0 Å². The first-order chi connectivity index (χ1) is 6.79. The van der Waals surface area contributed by atoms with Gasteiger partial charge in [0.25, 0.3) is 0 Å². The van der Waals surface area contributed by atoms with Crippen LogP contribution in [0, 0.1) is 6.92 Å². The van der Waals surface area contributed by atoms with Crippen molar-refractivity contribution in [2.75, 3.05) is 13.1 Å². The Kier molecular flexibility index (Phi) is 2.79. The zero-order valence-corrected chi connectivity index (χ0v) is 8.44. The molecule has 1 aliphatic rings. The molecular formula is C9H16N4O. The van der Waals surface area contributed by atoms with Crippen molar-refractivity contribution in [3.8, 4) is 0 Å². The summed E-state index contributed by atoms with van der Waals surface area (Å²) in [5.74, 6) is 1.39. The van der Waals surface area contributed by atoms with Crippen LogP contribution in [0.4, 0.5) is 0 Å². The Morgan fingerprint density at radius 3 is 3.14 bits per heavy atom. The lowest BCUT2D eigenvalue weighted by Gasteiger charge is -2.20. The zero-order valence-electron chi connectivity index (χ0n) is 8.44. The number of likely N-dealkylation sites (tertiary alicyclic amines) is 1. The van der Waals surface area contributed by atoms with Gasteiger partial charge in [-0.2, -0.15) is 4.98 Å². The molecule has 0 aromatic carbocycles. The molecule has 0 amide bonds. The number of hydrogen-bond donors (Lipinski definition) is 1. The summed E-state index contributed by atoms with van der Waals surface area (Å²) < 4.78 is 4.92. The van der Waals surface area contributed by atoms with E-state index in [0.29, 0.717) is 11.9 Å². The Morgan fingerprint density at radius 1 is 1.64 bits per heavy atom. The lowest BCUT2D eigenvalue weighted by atomic mass is 10.2. The molecule has 78 valence electrons. The van der Waals surface area contributed by atoms with E-state index in [1.807, 2.05) is 0 Å². The quantitative estimate of drug-likeness (QED) is 0.753. The molecule has 1 unspecified atom stereocenters. The molecule has 14 heavy (non-hydrogen) atoms. The highest BCUT2D eigenvalue weighted by atomic mass is 16.5. The van der Waals surface area contributed by atoms with Crippen LogP contribution in [0.15, 0.2) is 4.52 Å². The van der Waals surface area contributed by atoms with Gasteiger partial charge in [0, 0.05) is 19.5 Å². The fourth-order valence-corrected chi connectivity index (χ4v) is 1.96. The second kappa shape index (κ2) is 4.06. The fraction of sp³-hybridized carbons (Fsp3) is 0.778. The molecule has 0 spiro atoms. The Balaban J connectivity index is 1.96. The molecule has 1 saturated heterocycles. The third-order valence-electron chi connectivity index (χ3n) is 2.69. The smallest absolute Gasteiger partial charge is 0.223 e. The van der Waals surface area contributed by atoms with Crippen molar-refractivity contribution in [3.05, 3.63) is 11.7 Å². The van der Waals surface area contributed by atoms with Gasteiger partial charge in [0.15, 0.2) is 5.82 Å². The molecule has 1 atom stereocenters. The van der Waals surface area contributed by atoms with Gasteiger partial charge in [-0.05, 0) is 19.4 Å². The predicted molar refractivity (Wildman–Crippen MR) is 51.5 cm³/mol. The number of aryl methyl sites for hydroxylation is 1. The maximum atomic E-state index is 5.68. The van der Waals surface area contributed by atoms with Crippen molar-refractivity contribution in [3.63, 3.8) is 0 Å². The lowest BCUT2D eigenvalue weighted by Crippen LogP contribution is -2.35. The van der Waals surface area contributed by atoms with Gasteiger partial charge in [0.1, 0.15) is 0 Å². The van der Waals surface area contributed by atoms with Gasteiger partial charge in [-0.15, -0.1) is 0 Å². The van der Waals surface area contributed by atoms with Crippen LogP contribution >= 0.6 is 0 Å². The first-order valence-corrected chi connectivity index (χ1v) is 5.03. The lowest BCUT2D eigenvalue weighted by molar-refractivity contribution is 0.240. The average molecular weight is 196 g/mol. The van der Waals surface area contributed by atoms with Crippen LogP contribution in [0.3, 0.4) is 0 Å². The van der Waals surface area contributed by atoms with Crippen LogP contribution in [0.5, 0.6) is 0 Å². The third-order valence-corrected chi connectivity index (χ3v) is 2.69. The van der Waals surface area contributed by atoms with Gasteiger partial charge >= 0.3 is 0 Å². The molecule has 1 fully saturated rings. The SMILES string of the molecule is Cc1nc(CN2CCCC2CN)no1. The Bertz CT molecular complexity index is 299. The number of nitrogens with zero attached hydrogens (tertiary/aromatic N) is 3. The Morgan fingerprint density at radius 2 is 2.50 bits per heavy atom. The molecule has 0 aliphatic carbocycles. The van der Waals surface area contributed by atoms with Crippen LogP contribution in [0.2, 0.25) is 0 Å². The number of nitrogens with two attached hydrogens (primary N) is 1.